The summed E-state index contributed by atoms with van der Waals surface area (Å²) < 4.78 is 6.24. The lowest BCUT2D eigenvalue weighted by atomic mass is 10.3. The maximum absolute atomic E-state index is 11.4. The zero-order valence-electron chi connectivity index (χ0n) is 10.0. The summed E-state index contributed by atoms with van der Waals surface area (Å²) in [6.45, 7) is 0. The predicted octanol–water partition coefficient (Wildman–Crippen LogP) is 0.927. The van der Waals surface area contributed by atoms with Gasteiger partial charge in [-0.15, -0.1) is 0 Å². The number of carbonyl (C=O) groups excluding carboxylic acids is 1. The van der Waals surface area contributed by atoms with E-state index in [2.05, 4.69) is 20.1 Å². The second kappa shape index (κ2) is 4.74. The number of esters is 1. The van der Waals surface area contributed by atoms with E-state index in [0.29, 0.717) is 11.5 Å². The van der Waals surface area contributed by atoms with Crippen LogP contribution in [0, 0.1) is 0 Å². The number of nitrogens with zero attached hydrogens (tertiary/aromatic N) is 3. The SMILES string of the molecule is COC(=O)c1ccc(N)c(Nc2cnn(C)c2)n1. The summed E-state index contributed by atoms with van der Waals surface area (Å²) in [7, 11) is 3.10. The summed E-state index contributed by atoms with van der Waals surface area (Å²) in [5.41, 5.74) is 7.15. The lowest BCUT2D eigenvalue weighted by Gasteiger charge is -2.07. The molecule has 0 spiro atoms. The number of hydrogen-bond acceptors (Lipinski definition) is 6. The molecule has 0 aliphatic rings. The first kappa shape index (κ1) is 11.9. The van der Waals surface area contributed by atoms with Crippen LogP contribution in [0.25, 0.3) is 0 Å². The number of nitrogen functional groups attached to an aromatic ring is 1. The summed E-state index contributed by atoms with van der Waals surface area (Å²) in [4.78, 5) is 15.5. The van der Waals surface area contributed by atoms with E-state index in [1.165, 1.54) is 13.2 Å². The van der Waals surface area contributed by atoms with Crippen LogP contribution < -0.4 is 11.1 Å². The van der Waals surface area contributed by atoms with Crippen molar-refractivity contribution in [2.75, 3.05) is 18.2 Å². The fourth-order valence-corrected chi connectivity index (χ4v) is 1.41. The van der Waals surface area contributed by atoms with Gasteiger partial charge in [0.1, 0.15) is 0 Å². The van der Waals surface area contributed by atoms with Crippen LogP contribution in [0.2, 0.25) is 0 Å². The van der Waals surface area contributed by atoms with Gasteiger partial charge < -0.3 is 15.8 Å². The van der Waals surface area contributed by atoms with E-state index in [-0.39, 0.29) is 5.69 Å². The number of rotatable bonds is 3. The molecule has 0 aromatic carbocycles. The van der Waals surface area contributed by atoms with Crippen molar-refractivity contribution >= 4 is 23.2 Å². The normalized spacial score (nSPS) is 10.1. The van der Waals surface area contributed by atoms with Crippen molar-refractivity contribution in [3.63, 3.8) is 0 Å². The molecule has 7 nitrogen and oxygen atoms in total. The highest BCUT2D eigenvalue weighted by atomic mass is 16.5. The smallest absolute Gasteiger partial charge is 0.356 e. The molecule has 0 fully saturated rings. The number of methoxy groups -OCH3 is 1. The average Bonchev–Trinajstić information content (AvgIpc) is 2.76. The van der Waals surface area contributed by atoms with Crippen LogP contribution in [-0.2, 0) is 11.8 Å². The van der Waals surface area contributed by atoms with E-state index in [4.69, 9.17) is 5.73 Å². The van der Waals surface area contributed by atoms with Crippen LogP contribution in [-0.4, -0.2) is 27.8 Å². The van der Waals surface area contributed by atoms with Gasteiger partial charge in [0, 0.05) is 13.2 Å². The molecule has 0 aliphatic carbocycles. The summed E-state index contributed by atoms with van der Waals surface area (Å²) in [5.74, 6) is -0.116. The minimum absolute atomic E-state index is 0.193. The first-order valence-corrected chi connectivity index (χ1v) is 5.20. The summed E-state index contributed by atoms with van der Waals surface area (Å²) in [6.07, 6.45) is 3.40. The monoisotopic (exact) mass is 247 g/mol. The summed E-state index contributed by atoms with van der Waals surface area (Å²) in [5, 5.41) is 7.00. The molecule has 0 bridgehead atoms. The number of nitrogens with one attached hydrogen (secondary N) is 1. The van der Waals surface area contributed by atoms with Crippen molar-refractivity contribution < 1.29 is 9.53 Å². The van der Waals surface area contributed by atoms with Gasteiger partial charge in [0.25, 0.3) is 0 Å². The van der Waals surface area contributed by atoms with Crippen molar-refractivity contribution in [3.8, 4) is 0 Å². The fraction of sp³-hybridized carbons (Fsp3) is 0.182. The summed E-state index contributed by atoms with van der Waals surface area (Å²) in [6, 6.07) is 3.10. The summed E-state index contributed by atoms with van der Waals surface area (Å²) >= 11 is 0. The minimum atomic E-state index is -0.510. The Hall–Kier alpha value is -2.57. The van der Waals surface area contributed by atoms with Crippen molar-refractivity contribution in [2.24, 2.45) is 7.05 Å². The van der Waals surface area contributed by atoms with Crippen LogP contribution in [0.4, 0.5) is 17.2 Å². The third-order valence-corrected chi connectivity index (χ3v) is 2.29. The average molecular weight is 247 g/mol. The minimum Gasteiger partial charge on any atom is -0.464 e. The van der Waals surface area contributed by atoms with Crippen molar-refractivity contribution in [1.29, 1.82) is 0 Å². The Morgan fingerprint density at radius 1 is 1.50 bits per heavy atom. The maximum atomic E-state index is 11.4. The highest BCUT2D eigenvalue weighted by Gasteiger charge is 2.10. The predicted molar refractivity (Wildman–Crippen MR) is 66.5 cm³/mol. The molecule has 3 N–H and O–H groups in total. The molecule has 2 rings (SSSR count). The molecule has 2 aromatic rings. The molecule has 0 saturated heterocycles. The Morgan fingerprint density at radius 2 is 2.28 bits per heavy atom. The number of aromatic nitrogens is 3. The molecule has 2 aromatic heterocycles. The standard InChI is InChI=1S/C11H13N5O2/c1-16-6-7(5-13-16)14-10-8(12)3-4-9(15-10)11(17)18-2/h3-6H,12H2,1-2H3,(H,14,15). The molecular weight excluding hydrogens is 234 g/mol. The maximum Gasteiger partial charge on any atom is 0.356 e. The number of hydrogen-bond donors (Lipinski definition) is 2. The van der Waals surface area contributed by atoms with E-state index in [0.717, 1.165) is 5.69 Å². The van der Waals surface area contributed by atoms with E-state index in [1.54, 1.807) is 30.2 Å². The first-order valence-electron chi connectivity index (χ1n) is 5.20. The zero-order valence-corrected chi connectivity index (χ0v) is 10.0. The molecule has 0 atom stereocenters. The van der Waals surface area contributed by atoms with Gasteiger partial charge in [-0.05, 0) is 12.1 Å². The number of pyridine rings is 1. The van der Waals surface area contributed by atoms with Crippen molar-refractivity contribution in [1.82, 2.24) is 14.8 Å². The molecule has 0 amide bonds. The Bertz CT molecular complexity index is 579. The van der Waals surface area contributed by atoms with E-state index in [9.17, 15) is 4.79 Å². The van der Waals surface area contributed by atoms with Gasteiger partial charge in [0.05, 0.1) is 24.7 Å². The van der Waals surface area contributed by atoms with Gasteiger partial charge in [0.15, 0.2) is 11.5 Å². The second-order valence-corrected chi connectivity index (χ2v) is 3.65. The van der Waals surface area contributed by atoms with Crippen molar-refractivity contribution in [3.05, 3.63) is 30.2 Å². The molecule has 0 radical (unpaired) electrons. The van der Waals surface area contributed by atoms with E-state index >= 15 is 0 Å². The third-order valence-electron chi connectivity index (χ3n) is 2.29. The fourth-order valence-electron chi connectivity index (χ4n) is 1.41. The van der Waals surface area contributed by atoms with E-state index < -0.39 is 5.97 Å². The number of aryl methyl sites for hydroxylation is 1. The molecule has 2 heterocycles. The van der Waals surface area contributed by atoms with Gasteiger partial charge in [-0.1, -0.05) is 0 Å². The molecule has 7 heteroatoms. The number of carbonyl (C=O) groups is 1. The van der Waals surface area contributed by atoms with Crippen LogP contribution >= 0.6 is 0 Å². The van der Waals surface area contributed by atoms with Gasteiger partial charge in [0.2, 0.25) is 0 Å². The number of ether oxygens (including phenoxy) is 1. The lowest BCUT2D eigenvalue weighted by molar-refractivity contribution is 0.0594. The van der Waals surface area contributed by atoms with Gasteiger partial charge >= 0.3 is 5.97 Å². The third kappa shape index (κ3) is 2.40. The highest BCUT2D eigenvalue weighted by molar-refractivity contribution is 5.88. The molecule has 0 unspecified atom stereocenters. The van der Waals surface area contributed by atoms with Crippen molar-refractivity contribution in [2.45, 2.75) is 0 Å². The van der Waals surface area contributed by atoms with Crippen LogP contribution in [0.5, 0.6) is 0 Å². The Balaban J connectivity index is 2.29. The molecular formula is C11H13N5O2. The highest BCUT2D eigenvalue weighted by Crippen LogP contribution is 2.20. The topological polar surface area (TPSA) is 95.1 Å². The molecule has 94 valence electrons. The number of nitrogens with two attached hydrogens (primary N) is 1. The molecule has 18 heavy (non-hydrogen) atoms. The first-order chi connectivity index (χ1) is 8.60. The Morgan fingerprint density at radius 3 is 2.89 bits per heavy atom. The van der Waals surface area contributed by atoms with Crippen LogP contribution in [0.3, 0.4) is 0 Å². The molecule has 0 aliphatic heterocycles. The van der Waals surface area contributed by atoms with Gasteiger partial charge in [-0.25, -0.2) is 9.78 Å². The molecule has 0 saturated carbocycles. The van der Waals surface area contributed by atoms with Crippen LogP contribution in [0.1, 0.15) is 10.5 Å². The van der Waals surface area contributed by atoms with Gasteiger partial charge in [-0.2, -0.15) is 5.10 Å². The van der Waals surface area contributed by atoms with Crippen LogP contribution in [0.15, 0.2) is 24.5 Å². The Labute approximate surface area is 104 Å². The van der Waals surface area contributed by atoms with Gasteiger partial charge in [-0.3, -0.25) is 4.68 Å². The zero-order chi connectivity index (χ0) is 13.1. The number of anilines is 3. The lowest BCUT2D eigenvalue weighted by Crippen LogP contribution is -2.07. The van der Waals surface area contributed by atoms with E-state index in [1.807, 2.05) is 0 Å². The largest absolute Gasteiger partial charge is 0.464 e. The quantitative estimate of drug-likeness (QED) is 0.783. The second-order valence-electron chi connectivity index (χ2n) is 3.65. The Kier molecular flexibility index (Phi) is 3.13.